The zero-order chi connectivity index (χ0) is 33.3. The van der Waals surface area contributed by atoms with E-state index in [1.165, 1.54) is 18.3 Å². The van der Waals surface area contributed by atoms with Crippen LogP contribution in [-0.4, -0.2) is 60.5 Å². The van der Waals surface area contributed by atoms with Gasteiger partial charge in [0.15, 0.2) is 5.69 Å². The third-order valence-electron chi connectivity index (χ3n) is 6.37. The molecule has 0 atom stereocenters. The summed E-state index contributed by atoms with van der Waals surface area (Å²) in [6.07, 6.45) is -4.88. The van der Waals surface area contributed by atoms with Crippen LogP contribution >= 0.6 is 0 Å². The van der Waals surface area contributed by atoms with Crippen LogP contribution in [0.2, 0.25) is 0 Å². The molecule has 0 aliphatic rings. The average Bonchev–Trinajstić information content (AvgIpc) is 3.25. The van der Waals surface area contributed by atoms with Gasteiger partial charge in [-0.1, -0.05) is 0 Å². The Morgan fingerprint density at radius 2 is 1.78 bits per heavy atom. The van der Waals surface area contributed by atoms with Gasteiger partial charge in [-0.2, -0.15) is 26.3 Å². The summed E-state index contributed by atoms with van der Waals surface area (Å²) < 4.78 is 93.4. The molecule has 1 aromatic carbocycles. The number of likely N-dealkylation sites (N-methyl/N-ethyl adjacent to an activating group) is 1. The fourth-order valence-corrected chi connectivity index (χ4v) is 4.26. The number of hydrogen-bond acceptors (Lipinski definition) is 8. The number of pyridine rings is 1. The number of nitrogens with zero attached hydrogens (tertiary/aromatic N) is 7. The van der Waals surface area contributed by atoms with Crippen LogP contribution in [-0.2, 0) is 30.7 Å². The second kappa shape index (κ2) is 13.3. The summed E-state index contributed by atoms with van der Waals surface area (Å²) in [5, 5.41) is 16.8. The van der Waals surface area contributed by atoms with Crippen LogP contribution in [0.3, 0.4) is 0 Å². The van der Waals surface area contributed by atoms with Crippen molar-refractivity contribution in [1.29, 1.82) is 0 Å². The molecule has 0 unspecified atom stereocenters. The fourth-order valence-electron chi connectivity index (χ4n) is 4.26. The lowest BCUT2D eigenvalue weighted by atomic mass is 10.1. The molecule has 0 aliphatic heterocycles. The van der Waals surface area contributed by atoms with Crippen LogP contribution in [0.25, 0.3) is 10.9 Å². The third kappa shape index (κ3) is 8.30. The number of alkyl halides is 6. The highest BCUT2D eigenvalue weighted by molar-refractivity contribution is 6.00. The number of quaternary nitrogens is 1. The number of aromatic nitrogens is 5. The van der Waals surface area contributed by atoms with Crippen LogP contribution in [0.4, 0.5) is 53.9 Å². The molecule has 46 heavy (non-hydrogen) atoms. The van der Waals surface area contributed by atoms with E-state index in [9.17, 15) is 45.6 Å². The lowest BCUT2D eigenvalue weighted by Gasteiger charge is -2.28. The van der Waals surface area contributed by atoms with Gasteiger partial charge in [0.1, 0.15) is 30.3 Å². The van der Waals surface area contributed by atoms with Crippen LogP contribution in [0.5, 0.6) is 0 Å². The van der Waals surface area contributed by atoms with Gasteiger partial charge in [-0.3, -0.25) is 9.36 Å². The Labute approximate surface area is 265 Å². The predicted molar refractivity (Wildman–Crippen MR) is 145 cm³/mol. The Morgan fingerprint density at radius 1 is 1.09 bits per heavy atom. The topological polar surface area (TPSA) is 141 Å². The molecule has 0 saturated heterocycles. The normalized spacial score (nSPS) is 12.3. The summed E-state index contributed by atoms with van der Waals surface area (Å²) in [7, 11) is 4.21. The molecular formula is C26H23BrF7N9O3. The summed E-state index contributed by atoms with van der Waals surface area (Å²) in [5.41, 5.74) is -1.56. The first kappa shape index (κ1) is 35.8. The van der Waals surface area contributed by atoms with E-state index in [-0.39, 0.29) is 68.5 Å². The molecule has 4 rings (SSSR count). The van der Waals surface area contributed by atoms with E-state index < -0.39 is 46.2 Å². The fraction of sp³-hybridized carbons (Fsp3) is 0.269. The number of hydrogen-bond donors (Lipinski definition) is 2. The van der Waals surface area contributed by atoms with Crippen molar-refractivity contribution in [2.45, 2.75) is 18.9 Å². The van der Waals surface area contributed by atoms with E-state index >= 15 is 0 Å². The lowest BCUT2D eigenvalue weighted by Crippen LogP contribution is -3.00. The average molecular weight is 722 g/mol. The number of benzene rings is 1. The highest BCUT2D eigenvalue weighted by Gasteiger charge is 2.45. The van der Waals surface area contributed by atoms with E-state index in [1.54, 1.807) is 14.1 Å². The first-order valence-corrected chi connectivity index (χ1v) is 12.7. The summed E-state index contributed by atoms with van der Waals surface area (Å²) in [5.74, 6) is -4.37. The van der Waals surface area contributed by atoms with Gasteiger partial charge in [-0.05, 0) is 40.2 Å². The quantitative estimate of drug-likeness (QED) is 0.0883. The van der Waals surface area contributed by atoms with E-state index in [1.807, 2.05) is 0 Å². The monoisotopic (exact) mass is 721 g/mol. The smallest absolute Gasteiger partial charge is 0.475 e. The van der Waals surface area contributed by atoms with Gasteiger partial charge < -0.3 is 42.2 Å². The minimum absolute atomic E-state index is 0. The van der Waals surface area contributed by atoms with Crippen LogP contribution < -0.4 is 27.6 Å². The second-order valence-electron chi connectivity index (χ2n) is 10.3. The molecule has 3 heterocycles. The molecule has 0 radical (unpaired) electrons. The Hall–Kier alpha value is -4.72. The number of nitro groups is 1. The first-order chi connectivity index (χ1) is 20.9. The summed E-state index contributed by atoms with van der Waals surface area (Å²) in [6, 6.07) is 3.69. The lowest BCUT2D eigenvalue weighted by molar-refractivity contribution is -0.898. The van der Waals surface area contributed by atoms with Gasteiger partial charge in [0.25, 0.3) is 0 Å². The minimum atomic E-state index is -4.92. The number of halogens is 8. The molecule has 1 amide bonds. The largest absolute Gasteiger partial charge is 1.00 e. The standard InChI is InChI=1S/C26H22F7N9O3.BrH/c1-40-19(23(41(44)45)39-24(40)26(31,32)33)12-42(2,3)8-4-5-21(43)38-20-10-15-18(11-34-20)35-13-36-22(15)37-14-6-7-17(27)16(9-14)25(28,29)30;/h4-7,9-11,13H,8,12H2,1-3H3,(H-,34,35,36,37,38,43);1H/b5-4+;. The van der Waals surface area contributed by atoms with Crippen LogP contribution in [0.1, 0.15) is 17.1 Å². The summed E-state index contributed by atoms with van der Waals surface area (Å²) >= 11 is 0. The van der Waals surface area contributed by atoms with E-state index in [0.717, 1.165) is 25.5 Å². The van der Waals surface area contributed by atoms with Crippen molar-refractivity contribution in [1.82, 2.24) is 24.5 Å². The maximum absolute atomic E-state index is 13.7. The predicted octanol–water partition coefficient (Wildman–Crippen LogP) is 2.36. The summed E-state index contributed by atoms with van der Waals surface area (Å²) in [6.45, 7) is -0.149. The van der Waals surface area contributed by atoms with Crippen LogP contribution in [0.15, 0.2) is 48.9 Å². The molecule has 2 N–H and O–H groups in total. The Balaban J connectivity index is 0.00000576. The number of carbonyl (C=O) groups is 1. The van der Waals surface area contributed by atoms with E-state index in [2.05, 4.69) is 30.6 Å². The minimum Gasteiger partial charge on any atom is -1.00 e. The number of carbonyl (C=O) groups excluding carboxylic acids is 1. The van der Waals surface area contributed by atoms with Crippen LogP contribution in [0, 0.1) is 15.9 Å². The Bertz CT molecular complexity index is 1810. The number of amides is 1. The number of imidazole rings is 1. The van der Waals surface area contributed by atoms with Crippen molar-refractivity contribution in [3.05, 3.63) is 82.0 Å². The molecule has 3 aromatic heterocycles. The third-order valence-corrected chi connectivity index (χ3v) is 6.37. The molecule has 0 aliphatic carbocycles. The first-order valence-electron chi connectivity index (χ1n) is 12.7. The van der Waals surface area contributed by atoms with E-state index in [0.29, 0.717) is 16.7 Å². The zero-order valence-electron chi connectivity index (χ0n) is 23.9. The van der Waals surface area contributed by atoms with Gasteiger partial charge in [-0.15, -0.1) is 0 Å². The molecule has 20 heteroatoms. The maximum Gasteiger partial charge on any atom is 0.475 e. The van der Waals surface area contributed by atoms with Crippen molar-refractivity contribution < 1.29 is 61.9 Å². The molecule has 246 valence electrons. The van der Waals surface area contributed by atoms with Gasteiger partial charge in [-0.25, -0.2) is 19.3 Å². The highest BCUT2D eigenvalue weighted by atomic mass is 79.9. The molecule has 0 fully saturated rings. The van der Waals surface area contributed by atoms with Crippen molar-refractivity contribution in [3.8, 4) is 0 Å². The summed E-state index contributed by atoms with van der Waals surface area (Å²) in [4.78, 5) is 38.2. The van der Waals surface area contributed by atoms with Crippen molar-refractivity contribution in [3.63, 3.8) is 0 Å². The molecule has 12 nitrogen and oxygen atoms in total. The van der Waals surface area contributed by atoms with Gasteiger partial charge >= 0.3 is 24.0 Å². The van der Waals surface area contributed by atoms with Crippen molar-refractivity contribution >= 4 is 40.0 Å². The second-order valence-corrected chi connectivity index (χ2v) is 10.3. The SMILES string of the molecule is Cn1c(C(F)(F)F)nc([N+](=O)[O-])c1C[N+](C)(C)C/C=C/C(=O)Nc1cc2c(Nc3ccc(F)c(C(F)(F)F)c3)ncnc2cn1.[Br-]. The maximum atomic E-state index is 13.7. The molecule has 4 aromatic rings. The molecule has 0 spiro atoms. The zero-order valence-corrected chi connectivity index (χ0v) is 25.5. The van der Waals surface area contributed by atoms with E-state index in [4.69, 9.17) is 0 Å². The molecular weight excluding hydrogens is 699 g/mol. The van der Waals surface area contributed by atoms with Gasteiger partial charge in [0.05, 0.1) is 37.9 Å². The Kier molecular flexibility index (Phi) is 10.4. The van der Waals surface area contributed by atoms with Crippen molar-refractivity contribution in [2.24, 2.45) is 7.05 Å². The van der Waals surface area contributed by atoms with Gasteiger partial charge in [0.2, 0.25) is 5.91 Å². The number of rotatable bonds is 9. The number of fused-ring (bicyclic) bond motifs is 1. The van der Waals surface area contributed by atoms with Crippen molar-refractivity contribution in [2.75, 3.05) is 31.3 Å². The Morgan fingerprint density at radius 3 is 2.41 bits per heavy atom. The molecule has 0 bridgehead atoms. The number of nitrogens with one attached hydrogen (secondary N) is 2. The number of anilines is 3. The molecule has 0 saturated carbocycles. The van der Waals surface area contributed by atoms with Gasteiger partial charge in [0, 0.05) is 24.2 Å². The highest BCUT2D eigenvalue weighted by Crippen LogP contribution is 2.35.